The number of halogens is 2. The van der Waals surface area contributed by atoms with Crippen LogP contribution in [-0.2, 0) is 4.79 Å². The van der Waals surface area contributed by atoms with Crippen LogP contribution in [0.1, 0.15) is 11.1 Å². The SMILES string of the molecule is Cc1cc(OCCOc2ccc(Cl)cc2C=C2SC(=S)NC2=O)ccc1Cl. The van der Waals surface area contributed by atoms with Crippen LogP contribution in [0.15, 0.2) is 41.3 Å². The highest BCUT2D eigenvalue weighted by Gasteiger charge is 2.22. The topological polar surface area (TPSA) is 47.6 Å². The molecule has 4 nitrogen and oxygen atoms in total. The van der Waals surface area contributed by atoms with Crippen LogP contribution < -0.4 is 14.8 Å². The van der Waals surface area contributed by atoms with Crippen LogP contribution in [0, 0.1) is 6.92 Å². The molecule has 0 saturated carbocycles. The Balaban J connectivity index is 1.65. The van der Waals surface area contributed by atoms with Crippen molar-refractivity contribution in [1.29, 1.82) is 0 Å². The van der Waals surface area contributed by atoms with Crippen molar-refractivity contribution in [2.24, 2.45) is 0 Å². The fraction of sp³-hybridized carbons (Fsp3) is 0.158. The van der Waals surface area contributed by atoms with Gasteiger partial charge in [0.15, 0.2) is 0 Å². The number of hydrogen-bond donors (Lipinski definition) is 1. The molecule has 1 fully saturated rings. The second-order valence-electron chi connectivity index (χ2n) is 5.64. The summed E-state index contributed by atoms with van der Waals surface area (Å²) < 4.78 is 11.9. The lowest BCUT2D eigenvalue weighted by molar-refractivity contribution is -0.115. The fourth-order valence-corrected chi connectivity index (χ4v) is 3.68. The number of carbonyl (C=O) groups excluding carboxylic acids is 1. The molecule has 1 amide bonds. The van der Waals surface area contributed by atoms with Gasteiger partial charge in [0.1, 0.15) is 29.0 Å². The van der Waals surface area contributed by atoms with Crippen LogP contribution in [0.4, 0.5) is 0 Å². The zero-order chi connectivity index (χ0) is 19.4. The number of thiocarbonyl (C=S) groups is 1. The molecule has 2 aromatic rings. The van der Waals surface area contributed by atoms with Gasteiger partial charge >= 0.3 is 0 Å². The molecule has 1 N–H and O–H groups in total. The minimum absolute atomic E-state index is 0.225. The Kier molecular flexibility index (Phi) is 6.65. The van der Waals surface area contributed by atoms with Gasteiger partial charge in [0, 0.05) is 15.6 Å². The average Bonchev–Trinajstić information content (AvgIpc) is 2.93. The molecule has 0 bridgehead atoms. The monoisotopic (exact) mass is 439 g/mol. The summed E-state index contributed by atoms with van der Waals surface area (Å²) in [5, 5.41) is 3.83. The van der Waals surface area contributed by atoms with Gasteiger partial charge in [-0.05, 0) is 55.0 Å². The van der Waals surface area contributed by atoms with Crippen molar-refractivity contribution in [3.05, 3.63) is 62.5 Å². The third kappa shape index (κ3) is 5.39. The molecule has 0 atom stereocenters. The average molecular weight is 440 g/mol. The van der Waals surface area contributed by atoms with Crippen molar-refractivity contribution in [3.8, 4) is 11.5 Å². The predicted molar refractivity (Wildman–Crippen MR) is 115 cm³/mol. The summed E-state index contributed by atoms with van der Waals surface area (Å²) in [6.45, 7) is 2.61. The van der Waals surface area contributed by atoms with Gasteiger partial charge in [-0.25, -0.2) is 0 Å². The second-order valence-corrected chi connectivity index (χ2v) is 8.20. The summed E-state index contributed by atoms with van der Waals surface area (Å²) in [6.07, 6.45) is 1.71. The Bertz CT molecular complexity index is 931. The van der Waals surface area contributed by atoms with E-state index in [1.807, 2.05) is 19.1 Å². The summed E-state index contributed by atoms with van der Waals surface area (Å²) in [4.78, 5) is 12.4. The van der Waals surface area contributed by atoms with Crippen LogP contribution in [0.25, 0.3) is 6.08 Å². The number of benzene rings is 2. The Morgan fingerprint density at radius 2 is 1.93 bits per heavy atom. The molecule has 27 heavy (non-hydrogen) atoms. The van der Waals surface area contributed by atoms with Crippen LogP contribution >= 0.6 is 47.2 Å². The first-order valence-electron chi connectivity index (χ1n) is 7.98. The van der Waals surface area contributed by atoms with Crippen molar-refractivity contribution in [2.45, 2.75) is 6.92 Å². The van der Waals surface area contributed by atoms with E-state index in [1.165, 1.54) is 11.8 Å². The van der Waals surface area contributed by atoms with E-state index < -0.39 is 0 Å². The van der Waals surface area contributed by atoms with E-state index in [9.17, 15) is 4.79 Å². The van der Waals surface area contributed by atoms with E-state index in [-0.39, 0.29) is 5.91 Å². The smallest absolute Gasteiger partial charge is 0.263 e. The molecule has 0 unspecified atom stereocenters. The van der Waals surface area contributed by atoms with E-state index in [4.69, 9.17) is 44.9 Å². The molecule has 0 aliphatic carbocycles. The van der Waals surface area contributed by atoms with Crippen molar-refractivity contribution in [2.75, 3.05) is 13.2 Å². The first kappa shape index (κ1) is 20.0. The van der Waals surface area contributed by atoms with E-state index >= 15 is 0 Å². The summed E-state index contributed by atoms with van der Waals surface area (Å²) in [6, 6.07) is 10.7. The maximum absolute atomic E-state index is 11.9. The quantitative estimate of drug-likeness (QED) is 0.378. The molecule has 3 rings (SSSR count). The Morgan fingerprint density at radius 1 is 1.15 bits per heavy atom. The van der Waals surface area contributed by atoms with E-state index in [2.05, 4.69) is 5.32 Å². The summed E-state index contributed by atoms with van der Waals surface area (Å²) in [7, 11) is 0. The van der Waals surface area contributed by atoms with Crippen molar-refractivity contribution in [1.82, 2.24) is 5.32 Å². The van der Waals surface area contributed by atoms with Gasteiger partial charge in [0.2, 0.25) is 0 Å². The standard InChI is InChI=1S/C19H15Cl2NO3S2/c1-11-8-14(3-4-15(11)21)24-6-7-25-16-5-2-13(20)9-12(16)10-17-18(23)22-19(26)27-17/h2-5,8-10H,6-7H2,1H3,(H,22,23,26). The largest absolute Gasteiger partial charge is 0.490 e. The van der Waals surface area contributed by atoms with E-state index in [1.54, 1.807) is 30.3 Å². The zero-order valence-corrected chi connectivity index (χ0v) is 17.4. The van der Waals surface area contributed by atoms with E-state index in [0.717, 1.165) is 11.3 Å². The molecule has 1 saturated heterocycles. The molecule has 1 aliphatic heterocycles. The molecule has 1 heterocycles. The minimum atomic E-state index is -0.225. The highest BCUT2D eigenvalue weighted by molar-refractivity contribution is 8.26. The fourth-order valence-electron chi connectivity index (χ4n) is 2.34. The molecule has 0 spiro atoms. The summed E-state index contributed by atoms with van der Waals surface area (Å²) in [5.41, 5.74) is 1.65. The lowest BCUT2D eigenvalue weighted by Gasteiger charge is -2.12. The number of carbonyl (C=O) groups is 1. The normalized spacial score (nSPS) is 15.1. The van der Waals surface area contributed by atoms with Crippen LogP contribution in [0.3, 0.4) is 0 Å². The first-order chi connectivity index (χ1) is 12.9. The van der Waals surface area contributed by atoms with Crippen molar-refractivity contribution >= 4 is 63.5 Å². The first-order valence-corrected chi connectivity index (χ1v) is 9.96. The molecular formula is C19H15Cl2NO3S2. The number of amides is 1. The molecule has 0 radical (unpaired) electrons. The lowest BCUT2D eigenvalue weighted by atomic mass is 10.2. The Morgan fingerprint density at radius 3 is 2.63 bits per heavy atom. The number of nitrogens with one attached hydrogen (secondary N) is 1. The zero-order valence-electron chi connectivity index (χ0n) is 14.3. The van der Waals surface area contributed by atoms with E-state index in [0.29, 0.717) is 43.8 Å². The number of ether oxygens (including phenoxy) is 2. The third-order valence-corrected chi connectivity index (χ3v) is 5.46. The second kappa shape index (κ2) is 8.97. The maximum atomic E-state index is 11.9. The molecule has 0 aromatic heterocycles. The number of rotatable bonds is 6. The predicted octanol–water partition coefficient (Wildman–Crippen LogP) is 5.25. The molecule has 2 aromatic carbocycles. The summed E-state index contributed by atoms with van der Waals surface area (Å²) in [5.74, 6) is 1.11. The molecular weight excluding hydrogens is 425 g/mol. The number of thioether (sulfide) groups is 1. The van der Waals surface area contributed by atoms with Crippen molar-refractivity contribution in [3.63, 3.8) is 0 Å². The molecule has 140 valence electrons. The Labute approximate surface area is 176 Å². The summed E-state index contributed by atoms with van der Waals surface area (Å²) >= 11 is 18.3. The van der Waals surface area contributed by atoms with Gasteiger partial charge < -0.3 is 14.8 Å². The molecule has 8 heteroatoms. The highest BCUT2D eigenvalue weighted by Crippen LogP contribution is 2.31. The van der Waals surface area contributed by atoms with Gasteiger partial charge in [0.25, 0.3) is 5.91 Å². The van der Waals surface area contributed by atoms with Gasteiger partial charge in [-0.1, -0.05) is 47.2 Å². The maximum Gasteiger partial charge on any atom is 0.263 e. The van der Waals surface area contributed by atoms with Gasteiger partial charge in [-0.2, -0.15) is 0 Å². The van der Waals surface area contributed by atoms with Gasteiger partial charge in [-0.3, -0.25) is 4.79 Å². The van der Waals surface area contributed by atoms with Crippen LogP contribution in [-0.4, -0.2) is 23.4 Å². The van der Waals surface area contributed by atoms with Crippen LogP contribution in [0.5, 0.6) is 11.5 Å². The van der Waals surface area contributed by atoms with Crippen molar-refractivity contribution < 1.29 is 14.3 Å². The third-order valence-electron chi connectivity index (χ3n) is 3.64. The highest BCUT2D eigenvalue weighted by atomic mass is 35.5. The minimum Gasteiger partial charge on any atom is -0.490 e. The van der Waals surface area contributed by atoms with Gasteiger partial charge in [0.05, 0.1) is 4.91 Å². The Hall–Kier alpha value is -1.73. The van der Waals surface area contributed by atoms with Gasteiger partial charge in [-0.15, -0.1) is 0 Å². The number of hydrogen-bond acceptors (Lipinski definition) is 5. The number of aryl methyl sites for hydroxylation is 1. The lowest BCUT2D eigenvalue weighted by Crippen LogP contribution is -2.17. The molecule has 1 aliphatic rings. The van der Waals surface area contributed by atoms with Crippen LogP contribution in [0.2, 0.25) is 10.0 Å².